The zero-order chi connectivity index (χ0) is 5.11. The van der Waals surface area contributed by atoms with Crippen molar-refractivity contribution >= 4 is 0 Å². The lowest BCUT2D eigenvalue weighted by molar-refractivity contribution is 0.572. The van der Waals surface area contributed by atoms with E-state index in [2.05, 4.69) is 6.08 Å². The Hall–Kier alpha value is -0.330. The average Bonchev–Trinajstić information content (AvgIpc) is 1.69. The molecule has 0 fully saturated rings. The Morgan fingerprint density at radius 1 is 1.71 bits per heavy atom. The van der Waals surface area contributed by atoms with Crippen molar-refractivity contribution in [1.29, 1.82) is 0 Å². The first-order chi connectivity index (χ1) is 3.39. The lowest BCUT2D eigenvalue weighted by atomic mass is 10.1. The summed E-state index contributed by atoms with van der Waals surface area (Å²) >= 11 is 0. The van der Waals surface area contributed by atoms with Gasteiger partial charge in [-0.25, -0.2) is 4.39 Å². The van der Waals surface area contributed by atoms with Gasteiger partial charge in [0.05, 0.1) is 0 Å². The lowest BCUT2D eigenvalue weighted by Gasteiger charge is -2.00. The van der Waals surface area contributed by atoms with E-state index >= 15 is 0 Å². The Kier molecular flexibility index (Phi) is 1.45. The van der Waals surface area contributed by atoms with Crippen molar-refractivity contribution < 1.29 is 4.39 Å². The first-order valence-corrected chi connectivity index (χ1v) is 2.46. The van der Waals surface area contributed by atoms with Gasteiger partial charge >= 0.3 is 0 Å². The second kappa shape index (κ2) is 2.10. The Morgan fingerprint density at radius 3 is 2.86 bits per heavy atom. The van der Waals surface area contributed by atoms with Crippen LogP contribution < -0.4 is 0 Å². The Labute approximate surface area is 43.0 Å². The topological polar surface area (TPSA) is 0 Å². The van der Waals surface area contributed by atoms with Gasteiger partial charge in [-0.15, -0.1) is 0 Å². The van der Waals surface area contributed by atoms with E-state index in [0.29, 0.717) is 6.42 Å². The van der Waals surface area contributed by atoms with Gasteiger partial charge in [-0.3, -0.25) is 0 Å². The van der Waals surface area contributed by atoms with Crippen LogP contribution in [0.2, 0.25) is 0 Å². The molecule has 2 radical (unpaired) electrons. The Balaban J connectivity index is 2.40. The molecule has 0 amide bonds. The van der Waals surface area contributed by atoms with E-state index in [1.807, 2.05) is 6.42 Å². The molecular weight excluding hydrogens is 91.1 g/mol. The van der Waals surface area contributed by atoms with Crippen molar-refractivity contribution in [2.24, 2.45) is 0 Å². The highest BCUT2D eigenvalue weighted by Crippen LogP contribution is 2.15. The van der Waals surface area contributed by atoms with Crippen LogP contribution in [0, 0.1) is 12.5 Å². The molecule has 7 heavy (non-hydrogen) atoms. The monoisotopic (exact) mass is 98.1 g/mol. The first-order valence-electron chi connectivity index (χ1n) is 2.46. The van der Waals surface area contributed by atoms with Crippen molar-refractivity contribution in [1.82, 2.24) is 0 Å². The van der Waals surface area contributed by atoms with E-state index < -0.39 is 0 Å². The van der Waals surface area contributed by atoms with Crippen LogP contribution in [0.1, 0.15) is 19.3 Å². The van der Waals surface area contributed by atoms with E-state index in [1.54, 1.807) is 0 Å². The summed E-state index contributed by atoms with van der Waals surface area (Å²) in [4.78, 5) is 0. The molecule has 0 unspecified atom stereocenters. The Morgan fingerprint density at radius 2 is 2.57 bits per heavy atom. The second-order valence-electron chi connectivity index (χ2n) is 1.61. The molecule has 38 valence electrons. The molecule has 0 N–H and O–H groups in total. The van der Waals surface area contributed by atoms with Crippen LogP contribution in [0.3, 0.4) is 0 Å². The van der Waals surface area contributed by atoms with Gasteiger partial charge in [0.15, 0.2) is 0 Å². The maximum absolute atomic E-state index is 12.0. The highest BCUT2D eigenvalue weighted by atomic mass is 19.1. The number of rotatable bonds is 0. The molecule has 0 aliphatic heterocycles. The van der Waals surface area contributed by atoms with Gasteiger partial charge in [0.2, 0.25) is 0 Å². The second-order valence-corrected chi connectivity index (χ2v) is 1.61. The quantitative estimate of drug-likeness (QED) is 0.435. The fraction of sp³-hybridized carbons (Fsp3) is 0.500. The van der Waals surface area contributed by atoms with Crippen LogP contribution in [0.25, 0.3) is 0 Å². The molecule has 0 saturated carbocycles. The zero-order valence-corrected chi connectivity index (χ0v) is 4.08. The zero-order valence-electron chi connectivity index (χ0n) is 4.08. The van der Waals surface area contributed by atoms with Crippen LogP contribution in [0.5, 0.6) is 0 Å². The molecular formula is C6H7F. The molecule has 0 nitrogen and oxygen atoms in total. The standard InChI is InChI=1S/C6H7F/c7-6-4-2-1-3-5-6/h2H,1,3-4H2. The van der Waals surface area contributed by atoms with Gasteiger partial charge in [-0.2, -0.15) is 0 Å². The van der Waals surface area contributed by atoms with Crippen LogP contribution in [0.4, 0.5) is 4.39 Å². The minimum atomic E-state index is -0.0914. The van der Waals surface area contributed by atoms with Crippen molar-refractivity contribution in [2.45, 2.75) is 19.3 Å². The summed E-state index contributed by atoms with van der Waals surface area (Å²) < 4.78 is 12.0. The van der Waals surface area contributed by atoms with Crippen LogP contribution >= 0.6 is 0 Å². The van der Waals surface area contributed by atoms with Gasteiger partial charge in [-0.1, -0.05) is 0 Å². The van der Waals surface area contributed by atoms with Crippen molar-refractivity contribution in [2.75, 3.05) is 0 Å². The van der Waals surface area contributed by atoms with Gasteiger partial charge < -0.3 is 0 Å². The third-order valence-corrected chi connectivity index (χ3v) is 0.989. The third-order valence-electron chi connectivity index (χ3n) is 0.989. The fourth-order valence-electron chi connectivity index (χ4n) is 0.611. The van der Waals surface area contributed by atoms with E-state index in [1.165, 1.54) is 0 Å². The molecule has 0 aromatic heterocycles. The lowest BCUT2D eigenvalue weighted by Crippen LogP contribution is -1.86. The summed E-state index contributed by atoms with van der Waals surface area (Å²) in [6, 6.07) is 0. The van der Waals surface area contributed by atoms with Gasteiger partial charge in [0, 0.05) is 6.42 Å². The fourth-order valence-corrected chi connectivity index (χ4v) is 0.611. The molecule has 0 saturated heterocycles. The molecule has 0 spiro atoms. The highest BCUT2D eigenvalue weighted by molar-refractivity contribution is 4.95. The van der Waals surface area contributed by atoms with Crippen LogP contribution in [0.15, 0.2) is 5.83 Å². The predicted molar refractivity (Wildman–Crippen MR) is 26.0 cm³/mol. The number of allylic oxidation sites excluding steroid dienone is 2. The van der Waals surface area contributed by atoms with Crippen molar-refractivity contribution in [3.05, 3.63) is 18.3 Å². The molecule has 1 heteroatoms. The normalized spacial score (nSPS) is 21.6. The van der Waals surface area contributed by atoms with Crippen molar-refractivity contribution in [3.8, 4) is 0 Å². The number of halogens is 1. The molecule has 0 aromatic carbocycles. The van der Waals surface area contributed by atoms with Gasteiger partial charge in [-0.05, 0) is 25.3 Å². The molecule has 0 atom stereocenters. The SMILES string of the molecule is FC1=[C]CC[CH]C1. The first kappa shape index (κ1) is 4.82. The number of hydrogen-bond donors (Lipinski definition) is 0. The summed E-state index contributed by atoms with van der Waals surface area (Å²) in [5.41, 5.74) is 0. The maximum atomic E-state index is 12.0. The van der Waals surface area contributed by atoms with E-state index in [4.69, 9.17) is 0 Å². The summed E-state index contributed by atoms with van der Waals surface area (Å²) in [7, 11) is 0. The molecule has 1 rings (SSSR count). The van der Waals surface area contributed by atoms with Crippen LogP contribution in [-0.2, 0) is 0 Å². The maximum Gasteiger partial charge on any atom is 0.104 e. The minimum absolute atomic E-state index is 0.0914. The highest BCUT2D eigenvalue weighted by Gasteiger charge is 2.00. The molecule has 0 bridgehead atoms. The third kappa shape index (κ3) is 1.30. The minimum Gasteiger partial charge on any atom is -0.212 e. The predicted octanol–water partition coefficient (Wildman–Crippen LogP) is 2.03. The van der Waals surface area contributed by atoms with Gasteiger partial charge in [0.25, 0.3) is 0 Å². The summed E-state index contributed by atoms with van der Waals surface area (Å²) in [6.07, 6.45) is 6.80. The molecule has 0 heterocycles. The smallest absolute Gasteiger partial charge is 0.104 e. The summed E-state index contributed by atoms with van der Waals surface area (Å²) in [5.74, 6) is -0.0914. The van der Waals surface area contributed by atoms with E-state index in [-0.39, 0.29) is 5.83 Å². The number of hydrogen-bond acceptors (Lipinski definition) is 0. The largest absolute Gasteiger partial charge is 0.212 e. The average molecular weight is 98.1 g/mol. The Bertz CT molecular complexity index is 84.2. The summed E-state index contributed by atoms with van der Waals surface area (Å²) in [5, 5.41) is 0. The van der Waals surface area contributed by atoms with Crippen molar-refractivity contribution in [3.63, 3.8) is 0 Å². The van der Waals surface area contributed by atoms with Crippen LogP contribution in [-0.4, -0.2) is 0 Å². The molecule has 0 aromatic rings. The van der Waals surface area contributed by atoms with E-state index in [9.17, 15) is 4.39 Å². The molecule has 1 aliphatic carbocycles. The summed E-state index contributed by atoms with van der Waals surface area (Å²) in [6.45, 7) is 0. The van der Waals surface area contributed by atoms with Gasteiger partial charge in [0.1, 0.15) is 5.83 Å². The van der Waals surface area contributed by atoms with E-state index in [0.717, 1.165) is 12.8 Å². The molecule has 1 aliphatic rings.